The summed E-state index contributed by atoms with van der Waals surface area (Å²) in [5.41, 5.74) is -2.75. The monoisotopic (exact) mass is 532 g/mol. The number of sulfonamides is 1. The summed E-state index contributed by atoms with van der Waals surface area (Å²) in [5.74, 6) is 0.629. The Balaban J connectivity index is 1.61. The lowest BCUT2D eigenvalue weighted by Crippen LogP contribution is -2.36. The third kappa shape index (κ3) is 5.87. The number of rotatable bonds is 5. The van der Waals surface area contributed by atoms with Gasteiger partial charge in [0.05, 0.1) is 34.9 Å². The Morgan fingerprint density at radius 3 is 2.03 bits per heavy atom. The predicted octanol–water partition coefficient (Wildman–Crippen LogP) is 4.82. The number of alkyl halides is 6. The number of hydrogen-bond acceptors (Lipinski definition) is 6. The maximum atomic E-state index is 13.1. The van der Waals surface area contributed by atoms with Gasteiger partial charge >= 0.3 is 12.4 Å². The van der Waals surface area contributed by atoms with Crippen LogP contribution in [0.4, 0.5) is 37.8 Å². The summed E-state index contributed by atoms with van der Waals surface area (Å²) in [4.78, 5) is 0.805. The van der Waals surface area contributed by atoms with Crippen molar-refractivity contribution in [2.45, 2.75) is 17.2 Å². The van der Waals surface area contributed by atoms with Gasteiger partial charge in [-0.3, -0.25) is 4.72 Å². The fourth-order valence-electron chi connectivity index (χ4n) is 3.48. The molecule has 0 aliphatic carbocycles. The quantitative estimate of drug-likeness (QED) is 0.475. The van der Waals surface area contributed by atoms with E-state index >= 15 is 0 Å². The Kier molecular flexibility index (Phi) is 6.84. The highest BCUT2D eigenvalue weighted by Gasteiger charge is 2.38. The highest BCUT2D eigenvalue weighted by atomic mass is 32.2. The number of morpholine rings is 1. The van der Waals surface area contributed by atoms with Gasteiger partial charge in [-0.05, 0) is 42.5 Å². The van der Waals surface area contributed by atoms with E-state index in [0.717, 1.165) is 0 Å². The summed E-state index contributed by atoms with van der Waals surface area (Å²) >= 11 is 0. The first-order valence-corrected chi connectivity index (χ1v) is 11.9. The molecule has 0 spiro atoms. The second-order valence-corrected chi connectivity index (χ2v) is 9.49. The summed E-state index contributed by atoms with van der Waals surface area (Å²) in [6, 6.07) is 9.25. The molecular formula is C22H18F6N4O3S. The van der Waals surface area contributed by atoms with Crippen molar-refractivity contribution < 1.29 is 39.5 Å². The summed E-state index contributed by atoms with van der Waals surface area (Å²) < 4.78 is 112. The number of nitrogens with one attached hydrogen (secondary N) is 1. The van der Waals surface area contributed by atoms with Crippen molar-refractivity contribution >= 4 is 21.5 Å². The van der Waals surface area contributed by atoms with E-state index in [1.165, 1.54) is 18.2 Å². The molecule has 2 heterocycles. The molecular weight excluding hydrogens is 514 g/mol. The molecule has 7 nitrogen and oxygen atoms in total. The third-order valence-electron chi connectivity index (χ3n) is 5.27. The number of ether oxygens (including phenoxy) is 1. The minimum Gasteiger partial charge on any atom is -0.378 e. The molecule has 0 amide bonds. The summed E-state index contributed by atoms with van der Waals surface area (Å²) in [7, 11) is -4.80. The van der Waals surface area contributed by atoms with Crippen LogP contribution in [0.1, 0.15) is 11.1 Å². The topological polar surface area (TPSA) is 84.4 Å². The van der Waals surface area contributed by atoms with Crippen LogP contribution in [-0.4, -0.2) is 44.9 Å². The van der Waals surface area contributed by atoms with E-state index in [1.807, 2.05) is 9.62 Å². The number of aromatic nitrogens is 2. The Hall–Kier alpha value is -3.39. The Morgan fingerprint density at radius 1 is 0.833 bits per heavy atom. The van der Waals surface area contributed by atoms with Crippen LogP contribution in [0.3, 0.4) is 0 Å². The van der Waals surface area contributed by atoms with Gasteiger partial charge in [0.2, 0.25) is 0 Å². The van der Waals surface area contributed by atoms with Crippen LogP contribution in [0.25, 0.3) is 11.3 Å². The van der Waals surface area contributed by atoms with Crippen LogP contribution in [0.2, 0.25) is 0 Å². The number of halogens is 6. The standard InChI is InChI=1S/C22H18F6N4O3S/c23-21(24,25)15-11-16(22(26,27)28)13-18(12-15)36(33,34)31-17-3-1-2-14(10-17)19-4-5-20(30-29-19)32-6-8-35-9-7-32/h1-5,10-13,31H,6-9H2. The Labute approximate surface area is 201 Å². The highest BCUT2D eigenvalue weighted by Crippen LogP contribution is 2.37. The lowest BCUT2D eigenvalue weighted by Gasteiger charge is -2.27. The first kappa shape index (κ1) is 25.7. The largest absolute Gasteiger partial charge is 0.416 e. The zero-order valence-corrected chi connectivity index (χ0v) is 19.1. The van der Waals surface area contributed by atoms with Gasteiger partial charge in [0, 0.05) is 24.3 Å². The molecule has 1 N–H and O–H groups in total. The molecule has 2 aromatic carbocycles. The zero-order valence-electron chi connectivity index (χ0n) is 18.3. The molecule has 36 heavy (non-hydrogen) atoms. The molecule has 14 heteroatoms. The number of anilines is 2. The number of nitrogens with zero attached hydrogens (tertiary/aromatic N) is 3. The van der Waals surface area contributed by atoms with Gasteiger partial charge in [0.15, 0.2) is 5.82 Å². The fourth-order valence-corrected chi connectivity index (χ4v) is 4.60. The average Bonchev–Trinajstić information content (AvgIpc) is 2.83. The molecule has 0 atom stereocenters. The SMILES string of the molecule is O=S(=O)(Nc1cccc(-c2ccc(N3CCOCC3)nn2)c1)c1cc(C(F)(F)F)cc(C(F)(F)F)c1. The molecule has 0 saturated carbocycles. The smallest absolute Gasteiger partial charge is 0.378 e. The number of benzene rings is 2. The van der Waals surface area contributed by atoms with Crippen molar-refractivity contribution in [3.63, 3.8) is 0 Å². The molecule has 1 aromatic heterocycles. The number of hydrogen-bond donors (Lipinski definition) is 1. The van der Waals surface area contributed by atoms with Crippen molar-refractivity contribution in [3.8, 4) is 11.3 Å². The van der Waals surface area contributed by atoms with Gasteiger partial charge in [-0.1, -0.05) is 12.1 Å². The van der Waals surface area contributed by atoms with Crippen molar-refractivity contribution in [2.75, 3.05) is 35.9 Å². The Morgan fingerprint density at radius 2 is 1.47 bits per heavy atom. The van der Waals surface area contributed by atoms with Gasteiger partial charge < -0.3 is 9.64 Å². The second-order valence-electron chi connectivity index (χ2n) is 7.80. The van der Waals surface area contributed by atoms with Crippen LogP contribution < -0.4 is 9.62 Å². The maximum Gasteiger partial charge on any atom is 0.416 e. The molecule has 1 aliphatic heterocycles. The fraction of sp³-hybridized carbons (Fsp3) is 0.273. The van der Waals surface area contributed by atoms with Crippen molar-refractivity contribution in [1.29, 1.82) is 0 Å². The molecule has 0 radical (unpaired) electrons. The summed E-state index contributed by atoms with van der Waals surface area (Å²) in [5, 5.41) is 8.30. The predicted molar refractivity (Wildman–Crippen MR) is 118 cm³/mol. The first-order valence-electron chi connectivity index (χ1n) is 10.4. The highest BCUT2D eigenvalue weighted by molar-refractivity contribution is 7.92. The van der Waals surface area contributed by atoms with E-state index in [-0.39, 0.29) is 23.9 Å². The van der Waals surface area contributed by atoms with Crippen LogP contribution in [0.15, 0.2) is 59.5 Å². The summed E-state index contributed by atoms with van der Waals surface area (Å²) in [6.07, 6.45) is -10.4. The van der Waals surface area contributed by atoms with Crippen molar-refractivity contribution in [1.82, 2.24) is 10.2 Å². The molecule has 1 fully saturated rings. The zero-order chi connectivity index (χ0) is 26.1. The normalized spacial score (nSPS) is 15.1. The van der Waals surface area contributed by atoms with Gasteiger partial charge in [-0.2, -0.15) is 26.3 Å². The second kappa shape index (κ2) is 9.58. The van der Waals surface area contributed by atoms with E-state index in [1.54, 1.807) is 18.2 Å². The molecule has 3 aromatic rings. The molecule has 0 bridgehead atoms. The lowest BCUT2D eigenvalue weighted by atomic mass is 10.1. The van der Waals surface area contributed by atoms with Gasteiger partial charge in [0.25, 0.3) is 10.0 Å². The summed E-state index contributed by atoms with van der Waals surface area (Å²) in [6.45, 7) is 2.41. The van der Waals surface area contributed by atoms with E-state index in [2.05, 4.69) is 10.2 Å². The van der Waals surface area contributed by atoms with Gasteiger partial charge in [-0.25, -0.2) is 8.42 Å². The van der Waals surface area contributed by atoms with E-state index in [9.17, 15) is 34.8 Å². The van der Waals surface area contributed by atoms with Gasteiger partial charge in [0.1, 0.15) is 0 Å². The molecule has 4 rings (SSSR count). The van der Waals surface area contributed by atoms with Crippen molar-refractivity contribution in [3.05, 3.63) is 65.7 Å². The lowest BCUT2D eigenvalue weighted by molar-refractivity contribution is -0.143. The average molecular weight is 532 g/mol. The molecule has 0 unspecified atom stereocenters. The maximum absolute atomic E-state index is 13.1. The van der Waals surface area contributed by atoms with Crippen LogP contribution in [0, 0.1) is 0 Å². The molecule has 1 aliphatic rings. The third-order valence-corrected chi connectivity index (χ3v) is 6.63. The van der Waals surface area contributed by atoms with Gasteiger partial charge in [-0.15, -0.1) is 10.2 Å². The van der Waals surface area contributed by atoms with E-state index < -0.39 is 38.4 Å². The van der Waals surface area contributed by atoms with E-state index in [0.29, 0.717) is 43.4 Å². The molecule has 192 valence electrons. The van der Waals surface area contributed by atoms with Crippen LogP contribution in [-0.2, 0) is 27.1 Å². The van der Waals surface area contributed by atoms with Crippen LogP contribution in [0.5, 0.6) is 0 Å². The Bertz CT molecular complexity index is 1310. The molecule has 1 saturated heterocycles. The first-order chi connectivity index (χ1) is 16.8. The van der Waals surface area contributed by atoms with E-state index in [4.69, 9.17) is 4.74 Å². The minimum atomic E-state index is -5.18. The minimum absolute atomic E-state index is 0.0856. The van der Waals surface area contributed by atoms with Crippen LogP contribution >= 0.6 is 0 Å². The van der Waals surface area contributed by atoms with Crippen molar-refractivity contribution in [2.24, 2.45) is 0 Å².